The monoisotopic (exact) mass is 541 g/mol. The molecule has 0 aromatic heterocycles. The van der Waals surface area contributed by atoms with Crippen molar-refractivity contribution in [2.45, 2.75) is 54.7 Å². The number of rotatable bonds is 7. The molecule has 196 valence electrons. The van der Waals surface area contributed by atoms with Gasteiger partial charge < -0.3 is 20.6 Å². The van der Waals surface area contributed by atoms with Gasteiger partial charge in [-0.3, -0.25) is 14.4 Å². The Morgan fingerprint density at radius 1 is 1.16 bits per heavy atom. The van der Waals surface area contributed by atoms with Crippen LogP contribution >= 0.6 is 23.4 Å². The second kappa shape index (κ2) is 9.64. The highest BCUT2D eigenvalue weighted by Crippen LogP contribution is 2.71. The highest BCUT2D eigenvalue weighted by molar-refractivity contribution is 8.02. The summed E-state index contributed by atoms with van der Waals surface area (Å²) in [6.07, 6.45) is 1.76. The number of hydrogen-bond acceptors (Lipinski definition) is 5. The van der Waals surface area contributed by atoms with Crippen LogP contribution in [0.25, 0.3) is 0 Å². The standard InChI is InChI=1S/C28H32ClN3O4S/c1-16-8-7-11-19(29)22(16)31-25(35)23-28-13-12-27(2,37-28)20(24(34)30-3)21(28)26(36)32(23)18(15-33)14-17-9-5-4-6-10-17/h4-11,18,20-21,23,33H,12-15H2,1-3H3,(H,30,34)(H,31,35)/t18-,20+,21+,23?,27-,28?/m1/s1. The maximum absolute atomic E-state index is 14.3. The summed E-state index contributed by atoms with van der Waals surface area (Å²) < 4.78 is -1.22. The molecule has 0 aliphatic carbocycles. The highest BCUT2D eigenvalue weighted by atomic mass is 35.5. The third kappa shape index (κ3) is 4.04. The van der Waals surface area contributed by atoms with Crippen LogP contribution in [0.1, 0.15) is 30.9 Å². The smallest absolute Gasteiger partial charge is 0.248 e. The van der Waals surface area contributed by atoms with Crippen molar-refractivity contribution in [1.29, 1.82) is 0 Å². The Kier molecular flexibility index (Phi) is 6.79. The van der Waals surface area contributed by atoms with Crippen molar-refractivity contribution >= 4 is 46.8 Å². The van der Waals surface area contributed by atoms with Crippen molar-refractivity contribution in [3.05, 3.63) is 64.7 Å². The minimum Gasteiger partial charge on any atom is -0.394 e. The van der Waals surface area contributed by atoms with Crippen LogP contribution in [0.4, 0.5) is 5.69 Å². The van der Waals surface area contributed by atoms with Crippen LogP contribution in [-0.2, 0) is 20.8 Å². The number of fused-ring (bicyclic) bond motifs is 1. The lowest BCUT2D eigenvalue weighted by molar-refractivity contribution is -0.142. The molecule has 3 heterocycles. The van der Waals surface area contributed by atoms with Crippen molar-refractivity contribution in [3.63, 3.8) is 0 Å². The summed E-state index contributed by atoms with van der Waals surface area (Å²) in [6.45, 7) is 3.60. The van der Waals surface area contributed by atoms with Crippen molar-refractivity contribution in [1.82, 2.24) is 10.2 Å². The van der Waals surface area contributed by atoms with Crippen molar-refractivity contribution in [2.24, 2.45) is 11.8 Å². The number of aliphatic hydroxyl groups excluding tert-OH is 1. The Balaban J connectivity index is 1.59. The summed E-state index contributed by atoms with van der Waals surface area (Å²) in [6, 6.07) is 13.5. The molecular weight excluding hydrogens is 510 g/mol. The first-order valence-corrected chi connectivity index (χ1v) is 13.8. The van der Waals surface area contributed by atoms with E-state index in [0.29, 0.717) is 23.6 Å². The number of nitrogens with zero attached hydrogens (tertiary/aromatic N) is 1. The maximum atomic E-state index is 14.3. The number of carbonyl (C=O) groups excluding carboxylic acids is 3. The third-order valence-corrected chi connectivity index (χ3v) is 10.7. The van der Waals surface area contributed by atoms with E-state index in [1.165, 1.54) is 0 Å². The fraction of sp³-hybridized carbons (Fsp3) is 0.464. The summed E-state index contributed by atoms with van der Waals surface area (Å²) in [7, 11) is 1.59. The Labute approximate surface area is 226 Å². The number of nitrogens with one attached hydrogen (secondary N) is 2. The lowest BCUT2D eigenvalue weighted by atomic mass is 9.66. The van der Waals surface area contributed by atoms with Crippen LogP contribution < -0.4 is 10.6 Å². The predicted molar refractivity (Wildman–Crippen MR) is 145 cm³/mol. The van der Waals surface area contributed by atoms with Crippen LogP contribution in [0.3, 0.4) is 0 Å². The molecule has 3 N–H and O–H groups in total. The predicted octanol–water partition coefficient (Wildman–Crippen LogP) is 3.42. The molecule has 6 atom stereocenters. The van der Waals surface area contributed by atoms with Crippen LogP contribution in [0.2, 0.25) is 5.02 Å². The molecule has 3 saturated heterocycles. The van der Waals surface area contributed by atoms with E-state index in [9.17, 15) is 19.5 Å². The molecule has 7 nitrogen and oxygen atoms in total. The number of hydrogen-bond donors (Lipinski definition) is 3. The Morgan fingerprint density at radius 3 is 2.54 bits per heavy atom. The quantitative estimate of drug-likeness (QED) is 0.499. The SMILES string of the molecule is CNC(=O)[C@@H]1[C@H]2C(=O)N([C@@H](CO)Cc3ccccc3)C(C(=O)Nc3c(C)cccc3Cl)C23CC[C@@]1(C)S3. The topological polar surface area (TPSA) is 98.7 Å². The van der Waals surface area contributed by atoms with Crippen LogP contribution in [0.15, 0.2) is 48.5 Å². The average molecular weight is 542 g/mol. The fourth-order valence-corrected chi connectivity index (χ4v) is 9.34. The third-order valence-electron chi connectivity index (χ3n) is 8.38. The molecule has 0 radical (unpaired) electrons. The molecule has 0 saturated carbocycles. The zero-order chi connectivity index (χ0) is 26.5. The summed E-state index contributed by atoms with van der Waals surface area (Å²) in [4.78, 5) is 43.1. The molecule has 2 aromatic rings. The minimum absolute atomic E-state index is 0.179. The van der Waals surface area contributed by atoms with Gasteiger partial charge in [-0.2, -0.15) is 0 Å². The Morgan fingerprint density at radius 2 is 1.89 bits per heavy atom. The number of carbonyl (C=O) groups is 3. The van der Waals surface area contributed by atoms with E-state index in [2.05, 4.69) is 10.6 Å². The summed E-state index contributed by atoms with van der Waals surface area (Å²) in [5.74, 6) is -1.96. The molecule has 2 unspecified atom stereocenters. The number of likely N-dealkylation sites (tertiary alicyclic amines) is 1. The van der Waals surface area contributed by atoms with Gasteiger partial charge in [0.1, 0.15) is 6.04 Å². The molecule has 1 spiro atoms. The van der Waals surface area contributed by atoms with E-state index >= 15 is 0 Å². The van der Waals surface area contributed by atoms with E-state index in [1.54, 1.807) is 29.8 Å². The van der Waals surface area contributed by atoms with Crippen molar-refractivity contribution < 1.29 is 19.5 Å². The van der Waals surface area contributed by atoms with Gasteiger partial charge in [0, 0.05) is 11.8 Å². The van der Waals surface area contributed by atoms with Gasteiger partial charge >= 0.3 is 0 Å². The molecule has 5 rings (SSSR count). The largest absolute Gasteiger partial charge is 0.394 e. The van der Waals surface area contributed by atoms with E-state index in [0.717, 1.165) is 17.5 Å². The van der Waals surface area contributed by atoms with Gasteiger partial charge in [-0.15, -0.1) is 11.8 Å². The molecule has 37 heavy (non-hydrogen) atoms. The second-order valence-corrected chi connectivity index (χ2v) is 12.8. The first-order valence-electron chi connectivity index (χ1n) is 12.6. The number of amides is 3. The van der Waals surface area contributed by atoms with Gasteiger partial charge in [0.15, 0.2) is 0 Å². The van der Waals surface area contributed by atoms with E-state index in [4.69, 9.17) is 11.6 Å². The number of para-hydroxylation sites is 1. The maximum Gasteiger partial charge on any atom is 0.248 e. The average Bonchev–Trinajstić information content (AvgIpc) is 3.45. The van der Waals surface area contributed by atoms with Gasteiger partial charge in [0.2, 0.25) is 17.7 Å². The summed E-state index contributed by atoms with van der Waals surface area (Å²) in [5, 5.41) is 16.7. The van der Waals surface area contributed by atoms with Gasteiger partial charge in [-0.05, 0) is 50.3 Å². The highest BCUT2D eigenvalue weighted by Gasteiger charge is 2.77. The number of halogens is 1. The summed E-state index contributed by atoms with van der Waals surface area (Å²) in [5.41, 5.74) is 2.28. The first-order chi connectivity index (χ1) is 17.7. The van der Waals surface area contributed by atoms with Crippen molar-refractivity contribution in [2.75, 3.05) is 19.0 Å². The zero-order valence-electron chi connectivity index (χ0n) is 21.2. The van der Waals surface area contributed by atoms with E-state index in [1.807, 2.05) is 56.3 Å². The number of thioether (sulfide) groups is 1. The Bertz CT molecular complexity index is 1220. The summed E-state index contributed by atoms with van der Waals surface area (Å²) >= 11 is 8.04. The van der Waals surface area contributed by atoms with Crippen LogP contribution in [-0.4, -0.2) is 63.0 Å². The molecule has 3 aliphatic rings. The molecule has 3 amide bonds. The molecule has 9 heteroatoms. The Hall–Kier alpha value is -2.55. The van der Waals surface area contributed by atoms with E-state index in [-0.39, 0.29) is 24.3 Å². The fourth-order valence-electron chi connectivity index (χ4n) is 6.73. The number of anilines is 1. The molecule has 3 aliphatic heterocycles. The normalized spacial score (nSPS) is 30.8. The molecule has 3 fully saturated rings. The zero-order valence-corrected chi connectivity index (χ0v) is 22.7. The van der Waals surface area contributed by atoms with Gasteiger partial charge in [-0.1, -0.05) is 54.1 Å². The molecular formula is C28H32ClN3O4S. The molecule has 2 aromatic carbocycles. The van der Waals surface area contributed by atoms with Gasteiger partial charge in [0.25, 0.3) is 0 Å². The lowest BCUT2D eigenvalue weighted by Crippen LogP contribution is -2.55. The number of aryl methyl sites for hydroxylation is 1. The lowest BCUT2D eigenvalue weighted by Gasteiger charge is -2.37. The second-order valence-electron chi connectivity index (χ2n) is 10.5. The molecule has 2 bridgehead atoms. The number of aliphatic hydroxyl groups is 1. The van der Waals surface area contributed by atoms with Crippen molar-refractivity contribution in [3.8, 4) is 0 Å². The van der Waals surface area contributed by atoms with Crippen LogP contribution in [0, 0.1) is 18.8 Å². The van der Waals surface area contributed by atoms with Crippen LogP contribution in [0.5, 0.6) is 0 Å². The number of benzene rings is 2. The van der Waals surface area contributed by atoms with Gasteiger partial charge in [0.05, 0.1) is 39.9 Å². The minimum atomic E-state index is -0.858. The van der Waals surface area contributed by atoms with Gasteiger partial charge in [-0.25, -0.2) is 0 Å². The van der Waals surface area contributed by atoms with E-state index < -0.39 is 33.4 Å². The first kappa shape index (κ1) is 26.1.